The minimum atomic E-state index is 0.0759. The minimum absolute atomic E-state index is 0.0759. The lowest BCUT2D eigenvalue weighted by Gasteiger charge is -2.07. The maximum atomic E-state index is 11.2. The van der Waals surface area contributed by atoms with E-state index in [2.05, 4.69) is 5.32 Å². The molecule has 1 aromatic rings. The monoisotopic (exact) mass is 269 g/mol. The number of carbonyl (C=O) groups is 1. The van der Waals surface area contributed by atoms with Crippen LogP contribution in [0.2, 0.25) is 0 Å². The summed E-state index contributed by atoms with van der Waals surface area (Å²) in [6, 6.07) is 7.45. The highest BCUT2D eigenvalue weighted by Crippen LogP contribution is 2.17. The summed E-state index contributed by atoms with van der Waals surface area (Å²) in [6.45, 7) is 3.19. The maximum Gasteiger partial charge on any atom is 0.229 e. The van der Waals surface area contributed by atoms with E-state index in [1.165, 1.54) is 0 Å². The Morgan fingerprint density at radius 1 is 1.28 bits per heavy atom. The van der Waals surface area contributed by atoms with Crippen LogP contribution in [0.1, 0.15) is 6.92 Å². The molecular weight excluding hydrogens is 250 g/mol. The number of hydrogen-bond donors (Lipinski definition) is 1. The van der Waals surface area contributed by atoms with Crippen LogP contribution in [0.5, 0.6) is 11.5 Å². The molecule has 0 saturated carbocycles. The highest BCUT2D eigenvalue weighted by molar-refractivity contribution is 7.99. The van der Waals surface area contributed by atoms with Crippen LogP contribution in [0.4, 0.5) is 0 Å². The van der Waals surface area contributed by atoms with Crippen molar-refractivity contribution in [2.45, 2.75) is 6.92 Å². The van der Waals surface area contributed by atoms with Crippen LogP contribution in [0, 0.1) is 0 Å². The number of hydrogen-bond acceptors (Lipinski definition) is 4. The summed E-state index contributed by atoms with van der Waals surface area (Å²) in [5.41, 5.74) is 0. The summed E-state index contributed by atoms with van der Waals surface area (Å²) >= 11 is 1.57. The van der Waals surface area contributed by atoms with Crippen LogP contribution >= 0.6 is 11.8 Å². The van der Waals surface area contributed by atoms with Crippen molar-refractivity contribution in [2.75, 3.05) is 31.8 Å². The van der Waals surface area contributed by atoms with Gasteiger partial charge in [-0.15, -0.1) is 11.8 Å². The fraction of sp³-hybridized carbons (Fsp3) is 0.462. The van der Waals surface area contributed by atoms with Crippen molar-refractivity contribution in [3.05, 3.63) is 24.3 Å². The molecule has 0 spiro atoms. The van der Waals surface area contributed by atoms with Gasteiger partial charge in [0.1, 0.15) is 11.5 Å². The predicted molar refractivity (Wildman–Crippen MR) is 74.5 cm³/mol. The normalized spacial score (nSPS) is 9.89. The summed E-state index contributed by atoms with van der Waals surface area (Å²) in [7, 11) is 1.63. The Balaban J connectivity index is 2.12. The largest absolute Gasteiger partial charge is 0.497 e. The van der Waals surface area contributed by atoms with Crippen LogP contribution in [0.15, 0.2) is 24.3 Å². The van der Waals surface area contributed by atoms with Gasteiger partial charge in [-0.3, -0.25) is 4.79 Å². The molecule has 0 aliphatic rings. The highest BCUT2D eigenvalue weighted by Gasteiger charge is 1.99. The Morgan fingerprint density at radius 2 is 1.94 bits per heavy atom. The van der Waals surface area contributed by atoms with Gasteiger partial charge in [0.2, 0.25) is 5.91 Å². The molecule has 100 valence electrons. The Bertz CT molecular complexity index is 354. The van der Waals surface area contributed by atoms with E-state index in [4.69, 9.17) is 9.47 Å². The minimum Gasteiger partial charge on any atom is -0.497 e. The molecule has 5 heteroatoms. The Labute approximate surface area is 112 Å². The molecule has 0 aliphatic carbocycles. The molecule has 0 saturated heterocycles. The zero-order valence-electron chi connectivity index (χ0n) is 10.8. The summed E-state index contributed by atoms with van der Waals surface area (Å²) in [4.78, 5) is 11.2. The van der Waals surface area contributed by atoms with Crippen LogP contribution in [0.25, 0.3) is 0 Å². The van der Waals surface area contributed by atoms with Gasteiger partial charge in [-0.25, -0.2) is 0 Å². The van der Waals surface area contributed by atoms with Crippen LogP contribution < -0.4 is 14.8 Å². The molecule has 0 aromatic heterocycles. The van der Waals surface area contributed by atoms with E-state index in [9.17, 15) is 4.79 Å². The van der Waals surface area contributed by atoms with Gasteiger partial charge in [0.05, 0.1) is 19.5 Å². The average molecular weight is 269 g/mol. The standard InChI is InChI=1S/C13H19NO3S/c1-3-14-13(15)10-18-9-8-17-12-6-4-11(16-2)5-7-12/h4-7H,3,8-10H2,1-2H3,(H,14,15). The second kappa shape index (κ2) is 8.69. The van der Waals surface area contributed by atoms with Gasteiger partial charge in [-0.05, 0) is 31.2 Å². The molecule has 0 heterocycles. The number of rotatable bonds is 8. The third-order valence-corrected chi connectivity index (χ3v) is 3.08. The SMILES string of the molecule is CCNC(=O)CSCCOc1ccc(OC)cc1. The number of thioether (sulfide) groups is 1. The molecule has 1 rings (SSSR count). The van der Waals surface area contributed by atoms with Gasteiger partial charge < -0.3 is 14.8 Å². The summed E-state index contributed by atoms with van der Waals surface area (Å²) < 4.78 is 10.6. The van der Waals surface area contributed by atoms with Crippen molar-refractivity contribution in [3.63, 3.8) is 0 Å². The van der Waals surface area contributed by atoms with E-state index < -0.39 is 0 Å². The Morgan fingerprint density at radius 3 is 2.56 bits per heavy atom. The second-order valence-corrected chi connectivity index (χ2v) is 4.64. The van der Waals surface area contributed by atoms with Crippen LogP contribution in [-0.2, 0) is 4.79 Å². The summed E-state index contributed by atoms with van der Waals surface area (Å²) in [5, 5.41) is 2.75. The first kappa shape index (κ1) is 14.7. The van der Waals surface area contributed by atoms with Gasteiger partial charge in [0.15, 0.2) is 0 Å². The lowest BCUT2D eigenvalue weighted by molar-refractivity contribution is -0.118. The topological polar surface area (TPSA) is 47.6 Å². The molecule has 4 nitrogen and oxygen atoms in total. The Hall–Kier alpha value is -1.36. The van der Waals surface area contributed by atoms with Gasteiger partial charge in [0.25, 0.3) is 0 Å². The van der Waals surface area contributed by atoms with Gasteiger partial charge in [-0.1, -0.05) is 0 Å². The smallest absolute Gasteiger partial charge is 0.229 e. The van der Waals surface area contributed by atoms with Gasteiger partial charge in [-0.2, -0.15) is 0 Å². The molecule has 0 unspecified atom stereocenters. The fourth-order valence-electron chi connectivity index (χ4n) is 1.30. The van der Waals surface area contributed by atoms with E-state index in [-0.39, 0.29) is 5.91 Å². The Kier molecular flexibility index (Phi) is 7.10. The average Bonchev–Trinajstić information content (AvgIpc) is 2.39. The highest BCUT2D eigenvalue weighted by atomic mass is 32.2. The third kappa shape index (κ3) is 5.82. The lowest BCUT2D eigenvalue weighted by Crippen LogP contribution is -2.24. The number of nitrogens with one attached hydrogen (secondary N) is 1. The second-order valence-electron chi connectivity index (χ2n) is 3.53. The van der Waals surface area contributed by atoms with E-state index >= 15 is 0 Å². The van der Waals surface area contributed by atoms with Crippen LogP contribution in [0.3, 0.4) is 0 Å². The van der Waals surface area contributed by atoms with Crippen molar-refractivity contribution in [2.24, 2.45) is 0 Å². The molecule has 0 bridgehead atoms. The van der Waals surface area contributed by atoms with Crippen LogP contribution in [-0.4, -0.2) is 37.7 Å². The summed E-state index contributed by atoms with van der Waals surface area (Å²) in [6.07, 6.45) is 0. The first-order chi connectivity index (χ1) is 8.76. The zero-order chi connectivity index (χ0) is 13.2. The van der Waals surface area contributed by atoms with Crippen molar-refractivity contribution in [1.82, 2.24) is 5.32 Å². The number of methoxy groups -OCH3 is 1. The lowest BCUT2D eigenvalue weighted by atomic mass is 10.3. The van der Waals surface area contributed by atoms with Gasteiger partial charge >= 0.3 is 0 Å². The first-order valence-corrected chi connectivity index (χ1v) is 7.03. The van der Waals surface area contributed by atoms with Crippen molar-refractivity contribution in [1.29, 1.82) is 0 Å². The maximum absolute atomic E-state index is 11.2. The van der Waals surface area contributed by atoms with E-state index in [1.807, 2.05) is 31.2 Å². The first-order valence-electron chi connectivity index (χ1n) is 5.87. The molecule has 18 heavy (non-hydrogen) atoms. The molecule has 1 N–H and O–H groups in total. The number of ether oxygens (including phenoxy) is 2. The zero-order valence-corrected chi connectivity index (χ0v) is 11.6. The summed E-state index contributed by atoms with van der Waals surface area (Å²) in [5.74, 6) is 2.98. The fourth-order valence-corrected chi connectivity index (χ4v) is 1.94. The number of carbonyl (C=O) groups excluding carboxylic acids is 1. The predicted octanol–water partition coefficient (Wildman–Crippen LogP) is 1.94. The molecule has 0 radical (unpaired) electrons. The van der Waals surface area contributed by atoms with Crippen molar-refractivity contribution < 1.29 is 14.3 Å². The molecular formula is C13H19NO3S. The van der Waals surface area contributed by atoms with E-state index in [0.717, 1.165) is 17.3 Å². The van der Waals surface area contributed by atoms with E-state index in [0.29, 0.717) is 18.9 Å². The number of benzene rings is 1. The molecule has 1 amide bonds. The third-order valence-electron chi connectivity index (χ3n) is 2.16. The number of amides is 1. The van der Waals surface area contributed by atoms with Crippen molar-refractivity contribution in [3.8, 4) is 11.5 Å². The molecule has 0 aliphatic heterocycles. The van der Waals surface area contributed by atoms with E-state index in [1.54, 1.807) is 18.9 Å². The molecule has 1 aromatic carbocycles. The molecule has 0 fully saturated rings. The molecule has 0 atom stereocenters. The quantitative estimate of drug-likeness (QED) is 0.733. The van der Waals surface area contributed by atoms with Gasteiger partial charge in [0, 0.05) is 12.3 Å². The van der Waals surface area contributed by atoms with Crippen molar-refractivity contribution >= 4 is 17.7 Å².